The molecule has 11 heteroatoms. The third kappa shape index (κ3) is 6.15. The molecule has 0 radical (unpaired) electrons. The molecule has 0 amide bonds. The van der Waals surface area contributed by atoms with Crippen molar-refractivity contribution in [3.8, 4) is 0 Å². The van der Waals surface area contributed by atoms with E-state index >= 15 is 0 Å². The van der Waals surface area contributed by atoms with Gasteiger partial charge in [0.15, 0.2) is 0 Å². The molecule has 0 aromatic heterocycles. The first-order valence-corrected chi connectivity index (χ1v) is 5.36. The van der Waals surface area contributed by atoms with Crippen LogP contribution < -0.4 is 113 Å². The van der Waals surface area contributed by atoms with Crippen molar-refractivity contribution in [2.75, 3.05) is 32.6 Å². The monoisotopic (exact) mass is 330 g/mol. The van der Waals surface area contributed by atoms with E-state index in [2.05, 4.69) is 4.74 Å². The van der Waals surface area contributed by atoms with Gasteiger partial charge < -0.3 is 14.9 Å². The fourth-order valence-corrected chi connectivity index (χ4v) is 2.26. The van der Waals surface area contributed by atoms with Crippen LogP contribution in [0.15, 0.2) is 0 Å². The van der Waals surface area contributed by atoms with Crippen molar-refractivity contribution in [3.05, 3.63) is 0 Å². The Bertz CT molecular complexity index is 294. The summed E-state index contributed by atoms with van der Waals surface area (Å²) < 4.78 is 43.7. The molecule has 0 spiro atoms. The van der Waals surface area contributed by atoms with Gasteiger partial charge in [-0.25, -0.2) is 4.39 Å². The van der Waals surface area contributed by atoms with Crippen molar-refractivity contribution in [2.45, 2.75) is 18.5 Å². The number of fused-ring (bicyclic) bond motifs is 1. The standard InChI is InChI=1S/C8H12BF3N2O3.2K/c10-7-4-14-2-1-13(5-9(15)16)3-6(14)8(11,12)17-7;;/h6-7H,1-5H2;;/q-2;2*+1/t6?,7-;;/m1../s1. The topological polar surface area (TPSA) is 61.8 Å². The number of ether oxygens (including phenoxy) is 1. The van der Waals surface area contributed by atoms with Crippen molar-refractivity contribution in [2.24, 2.45) is 0 Å². The minimum absolute atomic E-state index is 0. The molecule has 2 fully saturated rings. The van der Waals surface area contributed by atoms with E-state index in [-0.39, 0.29) is 129 Å². The van der Waals surface area contributed by atoms with Crippen LogP contribution in [-0.4, -0.2) is 68.0 Å². The van der Waals surface area contributed by atoms with Gasteiger partial charge in [0.05, 0.1) is 6.54 Å². The normalized spacial score (nSPS) is 30.8. The molecule has 2 rings (SSSR count). The molecule has 2 saturated heterocycles. The second kappa shape index (κ2) is 9.28. The van der Waals surface area contributed by atoms with E-state index in [9.17, 15) is 23.2 Å². The maximum Gasteiger partial charge on any atom is 1.00 e. The maximum absolute atomic E-state index is 13.4. The van der Waals surface area contributed by atoms with E-state index in [1.54, 1.807) is 0 Å². The van der Waals surface area contributed by atoms with Crippen LogP contribution in [0.5, 0.6) is 0 Å². The molecule has 0 N–H and O–H groups in total. The van der Waals surface area contributed by atoms with Gasteiger partial charge in [0.25, 0.3) is 0 Å². The summed E-state index contributed by atoms with van der Waals surface area (Å²) in [6.45, 7) is 0.171. The Hall–Kier alpha value is 2.93. The average molecular weight is 330 g/mol. The number of alkyl halides is 3. The summed E-state index contributed by atoms with van der Waals surface area (Å²) in [4.78, 5) is 2.68. The van der Waals surface area contributed by atoms with Crippen LogP contribution in [0.3, 0.4) is 0 Å². The van der Waals surface area contributed by atoms with Crippen LogP contribution >= 0.6 is 0 Å². The van der Waals surface area contributed by atoms with Gasteiger partial charge in [-0.2, -0.15) is 8.78 Å². The molecule has 0 saturated carbocycles. The third-order valence-electron chi connectivity index (χ3n) is 3.03. The first-order chi connectivity index (χ1) is 7.88. The summed E-state index contributed by atoms with van der Waals surface area (Å²) in [5.41, 5.74) is 0. The summed E-state index contributed by atoms with van der Waals surface area (Å²) in [6.07, 6.45) is -5.91. The van der Waals surface area contributed by atoms with Gasteiger partial charge in [-0.3, -0.25) is 9.64 Å². The maximum atomic E-state index is 13.4. The van der Waals surface area contributed by atoms with Gasteiger partial charge in [0.1, 0.15) is 6.04 Å². The predicted molar refractivity (Wildman–Crippen MR) is 48.5 cm³/mol. The van der Waals surface area contributed by atoms with E-state index in [1.807, 2.05) is 0 Å². The van der Waals surface area contributed by atoms with Crippen LogP contribution in [0.1, 0.15) is 0 Å². The molecule has 2 heterocycles. The van der Waals surface area contributed by atoms with Gasteiger partial charge in [0.2, 0.25) is 6.36 Å². The Balaban J connectivity index is 0.00000162. The zero-order valence-corrected chi connectivity index (χ0v) is 17.3. The van der Waals surface area contributed by atoms with Crippen LogP contribution in [0, 0.1) is 0 Å². The van der Waals surface area contributed by atoms with Gasteiger partial charge >= 0.3 is 109 Å². The number of nitrogens with zero attached hydrogens (tertiary/aromatic N) is 2. The average Bonchev–Trinajstić information content (AvgIpc) is 2.17. The quantitative estimate of drug-likeness (QED) is 0.471. The largest absolute Gasteiger partial charge is 1.00 e. The number of morpholine rings is 1. The smallest absolute Gasteiger partial charge is 0.892 e. The first-order valence-electron chi connectivity index (χ1n) is 5.36. The van der Waals surface area contributed by atoms with Gasteiger partial charge in [-0.1, -0.05) is 13.6 Å². The number of hydrogen-bond donors (Lipinski definition) is 0. The minimum Gasteiger partial charge on any atom is -0.892 e. The fourth-order valence-electron chi connectivity index (χ4n) is 2.26. The van der Waals surface area contributed by atoms with Crippen molar-refractivity contribution < 1.29 is 131 Å². The van der Waals surface area contributed by atoms with Gasteiger partial charge in [0, 0.05) is 19.6 Å². The Morgan fingerprint density at radius 1 is 1.21 bits per heavy atom. The second-order valence-electron chi connectivity index (χ2n) is 4.29. The summed E-state index contributed by atoms with van der Waals surface area (Å²) in [5, 5.41) is 21.0. The van der Waals surface area contributed by atoms with Gasteiger partial charge in [-0.15, -0.1) is 0 Å². The Morgan fingerprint density at radius 2 is 1.84 bits per heavy atom. The second-order valence-corrected chi connectivity index (χ2v) is 4.29. The van der Waals surface area contributed by atoms with E-state index in [4.69, 9.17) is 0 Å². The zero-order chi connectivity index (χ0) is 12.6. The molecule has 5 nitrogen and oxygen atoms in total. The predicted octanol–water partition coefficient (Wildman–Crippen LogP) is -8.35. The number of piperazine rings is 1. The molecule has 2 atom stereocenters. The SMILES string of the molecule is [K+].[K+].[O-]B([O-])CN1CCN2C[C@H](F)OC(F)(F)C2C1. The summed E-state index contributed by atoms with van der Waals surface area (Å²) >= 11 is 0. The zero-order valence-electron chi connectivity index (χ0n) is 11.0. The van der Waals surface area contributed by atoms with E-state index in [0.29, 0.717) is 6.54 Å². The Labute approximate surface area is 195 Å². The molecule has 0 aliphatic carbocycles. The van der Waals surface area contributed by atoms with E-state index in [0.717, 1.165) is 0 Å². The Morgan fingerprint density at radius 3 is 2.42 bits per heavy atom. The fraction of sp³-hybridized carbons (Fsp3) is 1.00. The van der Waals surface area contributed by atoms with Crippen LogP contribution in [0.2, 0.25) is 0 Å². The molecule has 0 bridgehead atoms. The summed E-state index contributed by atoms with van der Waals surface area (Å²) in [7, 11) is -2.06. The van der Waals surface area contributed by atoms with E-state index in [1.165, 1.54) is 9.80 Å². The van der Waals surface area contributed by atoms with Crippen molar-refractivity contribution in [1.29, 1.82) is 0 Å². The van der Waals surface area contributed by atoms with E-state index < -0.39 is 25.6 Å². The molecule has 2 aliphatic rings. The molecular weight excluding hydrogens is 318 g/mol. The van der Waals surface area contributed by atoms with Crippen molar-refractivity contribution >= 4 is 7.12 Å². The van der Waals surface area contributed by atoms with Crippen molar-refractivity contribution in [1.82, 2.24) is 9.80 Å². The molecule has 0 aromatic carbocycles. The van der Waals surface area contributed by atoms with Crippen LogP contribution in [0.25, 0.3) is 0 Å². The molecule has 19 heavy (non-hydrogen) atoms. The summed E-state index contributed by atoms with van der Waals surface area (Å²) in [6, 6.07) is -1.29. The summed E-state index contributed by atoms with van der Waals surface area (Å²) in [5.74, 6) is 0. The molecular formula is C8H12BF3K2N2O3. The molecule has 98 valence electrons. The minimum atomic E-state index is -3.59. The van der Waals surface area contributed by atoms with Gasteiger partial charge in [-0.05, 0) is 0 Å². The first kappa shape index (κ1) is 21.9. The molecule has 1 unspecified atom stereocenters. The molecule has 0 aromatic rings. The number of rotatable bonds is 2. The number of hydrogen-bond acceptors (Lipinski definition) is 5. The van der Waals surface area contributed by atoms with Crippen LogP contribution in [-0.2, 0) is 4.74 Å². The number of halogens is 3. The molecule has 2 aliphatic heterocycles. The Kier molecular flexibility index (Phi) is 10.7. The van der Waals surface area contributed by atoms with Crippen LogP contribution in [0.4, 0.5) is 13.2 Å². The third-order valence-corrected chi connectivity index (χ3v) is 3.03. The van der Waals surface area contributed by atoms with Crippen molar-refractivity contribution in [3.63, 3.8) is 0 Å².